The van der Waals surface area contributed by atoms with Gasteiger partial charge in [0.1, 0.15) is 0 Å². The van der Waals surface area contributed by atoms with E-state index in [0.29, 0.717) is 22.6 Å². The molecule has 0 aromatic heterocycles. The Morgan fingerprint density at radius 1 is 1.08 bits per heavy atom. The molecule has 2 aromatic rings. The van der Waals surface area contributed by atoms with E-state index in [9.17, 15) is 13.2 Å². The Bertz CT molecular complexity index is 1060. The summed E-state index contributed by atoms with van der Waals surface area (Å²) < 4.78 is 23.8. The van der Waals surface area contributed by atoms with Crippen LogP contribution in [0.25, 0.3) is 10.9 Å². The van der Waals surface area contributed by atoms with Crippen LogP contribution in [0.3, 0.4) is 0 Å². The molecule has 1 aliphatic heterocycles. The largest absolute Gasteiger partial charge is 0.323 e. The molecule has 132 valence electrons. The summed E-state index contributed by atoms with van der Waals surface area (Å²) in [5.74, 6) is 0.151. The number of hydrogen-bond donors (Lipinski definition) is 2. The number of sulfone groups is 1. The van der Waals surface area contributed by atoms with Crippen LogP contribution >= 0.6 is 0 Å². The van der Waals surface area contributed by atoms with Gasteiger partial charge >= 0.3 is 6.03 Å². The summed E-state index contributed by atoms with van der Waals surface area (Å²) in [6, 6.07) is 9.35. The van der Waals surface area contributed by atoms with Crippen LogP contribution in [0.1, 0.15) is 30.9 Å². The summed E-state index contributed by atoms with van der Waals surface area (Å²) in [6.45, 7) is 11.2. The highest BCUT2D eigenvalue weighted by Crippen LogP contribution is 2.31. The van der Waals surface area contributed by atoms with E-state index in [4.69, 9.17) is 6.57 Å². The molecule has 1 aliphatic rings. The van der Waals surface area contributed by atoms with Crippen molar-refractivity contribution in [2.45, 2.75) is 24.7 Å². The van der Waals surface area contributed by atoms with Gasteiger partial charge in [-0.1, -0.05) is 26.0 Å². The number of nitrogens with zero attached hydrogens (tertiary/aromatic N) is 1. The summed E-state index contributed by atoms with van der Waals surface area (Å²) in [5, 5.41) is 6.49. The van der Waals surface area contributed by atoms with Crippen molar-refractivity contribution in [2.75, 3.05) is 10.6 Å². The summed E-state index contributed by atoms with van der Waals surface area (Å²) in [6.07, 6.45) is 1.53. The summed E-state index contributed by atoms with van der Waals surface area (Å²) in [7, 11) is -3.43. The van der Waals surface area contributed by atoms with E-state index < -0.39 is 15.9 Å². The molecular formula is C19H17N3O3S. The van der Waals surface area contributed by atoms with Gasteiger partial charge in [-0.15, -0.1) is 0 Å². The van der Waals surface area contributed by atoms with E-state index in [1.165, 1.54) is 12.1 Å². The number of nitrogens with one attached hydrogen (secondary N) is 2. The fourth-order valence-corrected chi connectivity index (χ4v) is 3.95. The highest BCUT2D eigenvalue weighted by molar-refractivity contribution is 7.94. The number of anilines is 2. The minimum Gasteiger partial charge on any atom is -0.308 e. The Hall–Kier alpha value is -3.11. The standard InChI is InChI=1S/C19H17N3O3S/c1-12(2)16-10-14(6-7-17(16)20-3)21-19(23)22-15-5-4-13-8-9-26(24,25)18(13)11-15/h4-12H,1-2H3,(H2,21,22,23). The number of hydrogen-bond acceptors (Lipinski definition) is 3. The highest BCUT2D eigenvalue weighted by atomic mass is 32.2. The van der Waals surface area contributed by atoms with Crippen molar-refractivity contribution in [3.8, 4) is 0 Å². The summed E-state index contributed by atoms with van der Waals surface area (Å²) in [4.78, 5) is 15.9. The predicted octanol–water partition coefficient (Wildman–Crippen LogP) is 4.76. The normalized spacial score (nSPS) is 13.9. The zero-order valence-corrected chi connectivity index (χ0v) is 15.1. The van der Waals surface area contributed by atoms with Gasteiger partial charge in [-0.3, -0.25) is 0 Å². The second-order valence-electron chi connectivity index (χ2n) is 6.22. The lowest BCUT2D eigenvalue weighted by Gasteiger charge is -2.13. The van der Waals surface area contributed by atoms with Crippen LogP contribution in [0.2, 0.25) is 0 Å². The van der Waals surface area contributed by atoms with Gasteiger partial charge in [-0.25, -0.2) is 18.1 Å². The van der Waals surface area contributed by atoms with E-state index in [0.717, 1.165) is 11.0 Å². The van der Waals surface area contributed by atoms with Crippen molar-refractivity contribution < 1.29 is 13.2 Å². The van der Waals surface area contributed by atoms with Gasteiger partial charge in [0.15, 0.2) is 5.69 Å². The van der Waals surface area contributed by atoms with Crippen molar-refractivity contribution in [1.29, 1.82) is 0 Å². The third-order valence-corrected chi connectivity index (χ3v) is 5.49. The van der Waals surface area contributed by atoms with Crippen molar-refractivity contribution in [3.63, 3.8) is 0 Å². The third kappa shape index (κ3) is 3.46. The number of amides is 2. The fraction of sp³-hybridized carbons (Fsp3) is 0.158. The van der Waals surface area contributed by atoms with Gasteiger partial charge in [0, 0.05) is 16.8 Å². The fourth-order valence-electron chi connectivity index (χ4n) is 2.72. The SMILES string of the molecule is [C-]#[N+]c1ccc(NC(=O)Nc2ccc3c(c2)S(=O)(=O)C=C3)cc1C(C)C. The Balaban J connectivity index is 1.77. The molecule has 0 unspecified atom stereocenters. The topological polar surface area (TPSA) is 79.6 Å². The molecule has 2 amide bonds. The monoisotopic (exact) mass is 367 g/mol. The molecule has 0 bridgehead atoms. The second-order valence-corrected chi connectivity index (χ2v) is 8.02. The summed E-state index contributed by atoms with van der Waals surface area (Å²) in [5.41, 5.74) is 2.96. The number of carbonyl (C=O) groups excluding carboxylic acids is 1. The van der Waals surface area contributed by atoms with E-state index in [1.807, 2.05) is 13.8 Å². The Labute approximate surface area is 152 Å². The number of carbonyl (C=O) groups is 1. The summed E-state index contributed by atoms with van der Waals surface area (Å²) >= 11 is 0. The highest BCUT2D eigenvalue weighted by Gasteiger charge is 2.21. The Morgan fingerprint density at radius 2 is 1.73 bits per heavy atom. The van der Waals surface area contributed by atoms with Crippen molar-refractivity contribution in [3.05, 3.63) is 64.4 Å². The predicted molar refractivity (Wildman–Crippen MR) is 102 cm³/mol. The van der Waals surface area contributed by atoms with Crippen LogP contribution < -0.4 is 10.6 Å². The number of rotatable bonds is 3. The van der Waals surface area contributed by atoms with Crippen LogP contribution in [-0.4, -0.2) is 14.4 Å². The van der Waals surface area contributed by atoms with Gasteiger partial charge in [0.25, 0.3) is 0 Å². The van der Waals surface area contributed by atoms with Gasteiger partial charge in [0.05, 0.1) is 11.5 Å². The number of fused-ring (bicyclic) bond motifs is 1. The molecule has 0 saturated carbocycles. The molecule has 0 aliphatic carbocycles. The molecule has 0 spiro atoms. The quantitative estimate of drug-likeness (QED) is 0.768. The molecule has 2 aromatic carbocycles. The lowest BCUT2D eigenvalue weighted by atomic mass is 10.0. The molecule has 26 heavy (non-hydrogen) atoms. The van der Waals surface area contributed by atoms with Gasteiger partial charge < -0.3 is 10.6 Å². The molecule has 0 fully saturated rings. The molecular weight excluding hydrogens is 350 g/mol. The number of benzene rings is 2. The lowest BCUT2D eigenvalue weighted by molar-refractivity contribution is 0.262. The smallest absolute Gasteiger partial charge is 0.308 e. The average Bonchev–Trinajstić information content (AvgIpc) is 2.89. The first kappa shape index (κ1) is 17.7. The maximum Gasteiger partial charge on any atom is 0.323 e. The van der Waals surface area contributed by atoms with Gasteiger partial charge in [0.2, 0.25) is 9.84 Å². The maximum atomic E-state index is 12.2. The van der Waals surface area contributed by atoms with Gasteiger partial charge in [-0.05, 0) is 47.4 Å². The first-order valence-electron chi connectivity index (χ1n) is 7.97. The zero-order valence-electron chi connectivity index (χ0n) is 14.3. The first-order chi connectivity index (χ1) is 12.3. The minimum atomic E-state index is -3.43. The molecule has 0 radical (unpaired) electrons. The van der Waals surface area contributed by atoms with E-state index in [2.05, 4.69) is 15.5 Å². The van der Waals surface area contributed by atoms with Crippen LogP contribution in [0.15, 0.2) is 46.7 Å². The van der Waals surface area contributed by atoms with Crippen LogP contribution in [0, 0.1) is 6.57 Å². The van der Waals surface area contributed by atoms with Crippen LogP contribution in [0.4, 0.5) is 21.9 Å². The van der Waals surface area contributed by atoms with Crippen LogP contribution in [-0.2, 0) is 9.84 Å². The lowest BCUT2D eigenvalue weighted by Crippen LogP contribution is -2.19. The molecule has 0 saturated heterocycles. The Kier molecular flexibility index (Phi) is 4.53. The van der Waals surface area contributed by atoms with Crippen LogP contribution in [0.5, 0.6) is 0 Å². The first-order valence-corrected chi connectivity index (χ1v) is 9.51. The molecule has 0 atom stereocenters. The van der Waals surface area contributed by atoms with E-state index in [1.54, 1.807) is 30.3 Å². The van der Waals surface area contributed by atoms with Crippen molar-refractivity contribution in [1.82, 2.24) is 0 Å². The molecule has 1 heterocycles. The van der Waals surface area contributed by atoms with Crippen molar-refractivity contribution in [2.24, 2.45) is 0 Å². The third-order valence-electron chi connectivity index (χ3n) is 4.03. The van der Waals surface area contributed by atoms with Gasteiger partial charge in [-0.2, -0.15) is 0 Å². The number of urea groups is 1. The molecule has 6 nitrogen and oxygen atoms in total. The van der Waals surface area contributed by atoms with E-state index >= 15 is 0 Å². The van der Waals surface area contributed by atoms with Crippen molar-refractivity contribution >= 4 is 39.0 Å². The minimum absolute atomic E-state index is 0.151. The molecule has 3 rings (SSSR count). The Morgan fingerprint density at radius 3 is 2.38 bits per heavy atom. The average molecular weight is 367 g/mol. The maximum absolute atomic E-state index is 12.2. The molecule has 2 N–H and O–H groups in total. The van der Waals surface area contributed by atoms with E-state index in [-0.39, 0.29) is 10.8 Å². The second kappa shape index (κ2) is 6.65. The zero-order chi connectivity index (χ0) is 18.9. The molecule has 7 heteroatoms.